The number of nitrogens with two attached hydrogens (primary N) is 1. The zero-order valence-corrected chi connectivity index (χ0v) is 17.5. The van der Waals surface area contributed by atoms with E-state index in [4.69, 9.17) is 5.73 Å². The van der Waals surface area contributed by atoms with Gasteiger partial charge in [0.1, 0.15) is 6.04 Å². The smallest absolute Gasteiger partial charge is 0.326 e. The predicted octanol–water partition coefficient (Wildman–Crippen LogP) is 3.43. The number of fused-ring (bicyclic) bond motifs is 1. The van der Waals surface area contributed by atoms with Crippen molar-refractivity contribution in [3.63, 3.8) is 0 Å². The van der Waals surface area contributed by atoms with Crippen LogP contribution in [0.4, 0.5) is 11.4 Å². The maximum atomic E-state index is 13.0. The summed E-state index contributed by atoms with van der Waals surface area (Å²) in [5.74, 6) is -2.24. The number of aliphatic carboxylic acids is 1. The van der Waals surface area contributed by atoms with Gasteiger partial charge >= 0.3 is 5.97 Å². The van der Waals surface area contributed by atoms with Gasteiger partial charge in [0, 0.05) is 29.2 Å². The van der Waals surface area contributed by atoms with E-state index in [1.807, 2.05) is 24.3 Å². The van der Waals surface area contributed by atoms with Crippen molar-refractivity contribution in [1.29, 1.82) is 0 Å². The summed E-state index contributed by atoms with van der Waals surface area (Å²) in [6, 6.07) is 19.4. The number of para-hydroxylation sites is 3. The predicted molar refractivity (Wildman–Crippen MR) is 126 cm³/mol. The third-order valence-corrected chi connectivity index (χ3v) is 5.33. The van der Waals surface area contributed by atoms with Crippen LogP contribution in [-0.4, -0.2) is 33.9 Å². The molecule has 0 aliphatic rings. The van der Waals surface area contributed by atoms with Crippen LogP contribution in [0.5, 0.6) is 0 Å². The standard InChI is InChI=1S/C25H22N4O4/c26-19-10-4-1-8-17(19)23(30)28-21-12-6-3-9-18(21)24(31)29-22(25(32)33)13-15-14-27-20-11-5-2-7-16(15)20/h1-12,14,22,27H,13,26H2,(H,28,30)(H,29,31)(H,32,33). The largest absolute Gasteiger partial charge is 0.480 e. The van der Waals surface area contributed by atoms with E-state index in [0.717, 1.165) is 16.5 Å². The Morgan fingerprint density at radius 1 is 0.879 bits per heavy atom. The second kappa shape index (κ2) is 9.27. The van der Waals surface area contributed by atoms with Crippen molar-refractivity contribution >= 4 is 40.1 Å². The summed E-state index contributed by atoms with van der Waals surface area (Å²) in [5.41, 5.74) is 8.50. The number of H-pyrrole nitrogens is 1. The minimum Gasteiger partial charge on any atom is -0.480 e. The topological polar surface area (TPSA) is 137 Å². The van der Waals surface area contributed by atoms with Crippen molar-refractivity contribution < 1.29 is 19.5 Å². The summed E-state index contributed by atoms with van der Waals surface area (Å²) in [6.45, 7) is 0. The highest BCUT2D eigenvalue weighted by molar-refractivity contribution is 6.11. The highest BCUT2D eigenvalue weighted by atomic mass is 16.4. The van der Waals surface area contributed by atoms with Gasteiger partial charge in [0.25, 0.3) is 11.8 Å². The third-order valence-electron chi connectivity index (χ3n) is 5.33. The number of carbonyl (C=O) groups excluding carboxylic acids is 2. The lowest BCUT2D eigenvalue weighted by Gasteiger charge is -2.16. The number of carboxylic acid groups (broad SMARTS) is 1. The highest BCUT2D eigenvalue weighted by Crippen LogP contribution is 2.21. The van der Waals surface area contributed by atoms with Crippen LogP contribution in [0.2, 0.25) is 0 Å². The fourth-order valence-corrected chi connectivity index (χ4v) is 3.64. The second-order valence-corrected chi connectivity index (χ2v) is 7.51. The number of carbonyl (C=O) groups is 3. The van der Waals surface area contributed by atoms with Gasteiger partial charge in [0.2, 0.25) is 0 Å². The molecule has 0 bridgehead atoms. The Morgan fingerprint density at radius 2 is 1.55 bits per heavy atom. The average Bonchev–Trinajstić information content (AvgIpc) is 3.22. The van der Waals surface area contributed by atoms with E-state index >= 15 is 0 Å². The van der Waals surface area contributed by atoms with Crippen LogP contribution in [0, 0.1) is 0 Å². The Morgan fingerprint density at radius 3 is 2.30 bits per heavy atom. The summed E-state index contributed by atoms with van der Waals surface area (Å²) in [5, 5.41) is 15.9. The van der Waals surface area contributed by atoms with Gasteiger partial charge in [0.05, 0.1) is 16.8 Å². The summed E-state index contributed by atoms with van der Waals surface area (Å²) in [7, 11) is 0. The molecule has 0 fully saturated rings. The first-order valence-corrected chi connectivity index (χ1v) is 10.3. The molecule has 33 heavy (non-hydrogen) atoms. The number of hydrogen-bond acceptors (Lipinski definition) is 4. The quantitative estimate of drug-likeness (QED) is 0.279. The zero-order valence-electron chi connectivity index (χ0n) is 17.5. The molecule has 8 nitrogen and oxygen atoms in total. The summed E-state index contributed by atoms with van der Waals surface area (Å²) >= 11 is 0. The fourth-order valence-electron chi connectivity index (χ4n) is 3.64. The van der Waals surface area contributed by atoms with Crippen LogP contribution in [0.15, 0.2) is 79.0 Å². The summed E-state index contributed by atoms with van der Waals surface area (Å²) < 4.78 is 0. The number of aromatic nitrogens is 1. The molecule has 1 atom stereocenters. The van der Waals surface area contributed by atoms with E-state index in [-0.39, 0.29) is 23.2 Å². The molecule has 8 heteroatoms. The normalized spacial score (nSPS) is 11.6. The number of aromatic amines is 1. The van der Waals surface area contributed by atoms with E-state index in [9.17, 15) is 19.5 Å². The van der Waals surface area contributed by atoms with Crippen LogP contribution in [0.3, 0.4) is 0 Å². The van der Waals surface area contributed by atoms with Gasteiger partial charge in [-0.3, -0.25) is 9.59 Å². The van der Waals surface area contributed by atoms with Gasteiger partial charge in [0.15, 0.2) is 0 Å². The lowest BCUT2D eigenvalue weighted by atomic mass is 10.0. The van der Waals surface area contributed by atoms with E-state index in [1.54, 1.807) is 48.7 Å². The summed E-state index contributed by atoms with van der Waals surface area (Å²) in [4.78, 5) is 40.7. The van der Waals surface area contributed by atoms with E-state index < -0.39 is 23.8 Å². The average molecular weight is 442 g/mol. The second-order valence-electron chi connectivity index (χ2n) is 7.51. The molecule has 0 radical (unpaired) electrons. The Bertz CT molecular complexity index is 1350. The molecular formula is C25H22N4O4. The molecule has 2 amide bonds. The maximum Gasteiger partial charge on any atom is 0.326 e. The van der Waals surface area contributed by atoms with Crippen LogP contribution in [0.25, 0.3) is 10.9 Å². The Labute approximate surface area is 189 Å². The SMILES string of the molecule is Nc1ccccc1C(=O)Nc1ccccc1C(=O)NC(Cc1c[nH]c2ccccc12)C(=O)O. The van der Waals surface area contributed by atoms with Crippen LogP contribution < -0.4 is 16.4 Å². The molecular weight excluding hydrogens is 420 g/mol. The van der Waals surface area contributed by atoms with Crippen molar-refractivity contribution in [3.05, 3.63) is 95.7 Å². The molecule has 0 saturated heterocycles. The molecule has 3 aromatic carbocycles. The number of nitrogens with one attached hydrogen (secondary N) is 3. The van der Waals surface area contributed by atoms with E-state index in [0.29, 0.717) is 5.69 Å². The molecule has 4 rings (SSSR count). The number of anilines is 2. The van der Waals surface area contributed by atoms with Gasteiger partial charge < -0.3 is 26.5 Å². The number of benzene rings is 3. The van der Waals surface area contributed by atoms with Gasteiger partial charge in [-0.05, 0) is 35.9 Å². The lowest BCUT2D eigenvalue weighted by molar-refractivity contribution is -0.139. The van der Waals surface area contributed by atoms with Crippen molar-refractivity contribution in [2.75, 3.05) is 11.1 Å². The van der Waals surface area contributed by atoms with Crippen molar-refractivity contribution in [1.82, 2.24) is 10.3 Å². The number of carboxylic acids is 1. The summed E-state index contributed by atoms with van der Waals surface area (Å²) in [6.07, 6.45) is 1.84. The molecule has 1 heterocycles. The first kappa shape index (κ1) is 21.6. The maximum absolute atomic E-state index is 13.0. The van der Waals surface area contributed by atoms with Gasteiger partial charge in [-0.15, -0.1) is 0 Å². The van der Waals surface area contributed by atoms with Gasteiger partial charge in [-0.25, -0.2) is 4.79 Å². The molecule has 4 aromatic rings. The van der Waals surface area contributed by atoms with Crippen LogP contribution in [-0.2, 0) is 11.2 Å². The minimum absolute atomic E-state index is 0.0974. The van der Waals surface area contributed by atoms with Gasteiger partial charge in [-0.1, -0.05) is 42.5 Å². The molecule has 0 spiro atoms. The molecule has 1 aromatic heterocycles. The van der Waals surface area contributed by atoms with Crippen LogP contribution in [0.1, 0.15) is 26.3 Å². The van der Waals surface area contributed by atoms with Crippen LogP contribution >= 0.6 is 0 Å². The zero-order chi connectivity index (χ0) is 23.4. The van der Waals surface area contributed by atoms with E-state index in [1.165, 1.54) is 6.07 Å². The minimum atomic E-state index is -1.16. The fraction of sp³-hybridized carbons (Fsp3) is 0.0800. The number of rotatable bonds is 7. The molecule has 0 aliphatic heterocycles. The first-order chi connectivity index (χ1) is 15.9. The lowest BCUT2D eigenvalue weighted by Crippen LogP contribution is -2.42. The molecule has 0 saturated carbocycles. The van der Waals surface area contributed by atoms with Gasteiger partial charge in [-0.2, -0.15) is 0 Å². The Hall–Kier alpha value is -4.59. The first-order valence-electron chi connectivity index (χ1n) is 10.3. The molecule has 1 unspecified atom stereocenters. The molecule has 6 N–H and O–H groups in total. The number of hydrogen-bond donors (Lipinski definition) is 5. The monoisotopic (exact) mass is 442 g/mol. The van der Waals surface area contributed by atoms with E-state index in [2.05, 4.69) is 15.6 Å². The molecule has 0 aliphatic carbocycles. The van der Waals surface area contributed by atoms with Crippen molar-refractivity contribution in [3.8, 4) is 0 Å². The van der Waals surface area contributed by atoms with Crippen molar-refractivity contribution in [2.24, 2.45) is 0 Å². The molecule has 166 valence electrons. The third kappa shape index (κ3) is 4.69. The Balaban J connectivity index is 1.54. The number of nitrogen functional groups attached to an aromatic ring is 1. The van der Waals surface area contributed by atoms with Crippen molar-refractivity contribution in [2.45, 2.75) is 12.5 Å². The highest BCUT2D eigenvalue weighted by Gasteiger charge is 2.24. The number of amides is 2. The Kier molecular flexibility index (Phi) is 6.08.